The monoisotopic (exact) mass is 277 g/mol. The SMILES string of the molecule is C=CCNC(CC(=O)O)Cc1ccc2c(c1)OCCO2. The van der Waals surface area contributed by atoms with Gasteiger partial charge in [0.05, 0.1) is 6.42 Å². The topological polar surface area (TPSA) is 67.8 Å². The normalized spacial score (nSPS) is 14.6. The van der Waals surface area contributed by atoms with Crippen LogP contribution in [0.3, 0.4) is 0 Å². The molecule has 1 aliphatic heterocycles. The first-order valence-electron chi connectivity index (χ1n) is 6.63. The number of benzene rings is 1. The lowest BCUT2D eigenvalue weighted by molar-refractivity contribution is -0.137. The number of hydrogen-bond donors (Lipinski definition) is 2. The third kappa shape index (κ3) is 3.99. The van der Waals surface area contributed by atoms with Crippen LogP contribution < -0.4 is 14.8 Å². The fourth-order valence-electron chi connectivity index (χ4n) is 2.18. The fourth-order valence-corrected chi connectivity index (χ4v) is 2.18. The maximum absolute atomic E-state index is 10.9. The van der Waals surface area contributed by atoms with E-state index in [1.807, 2.05) is 18.2 Å². The number of carboxylic acids is 1. The van der Waals surface area contributed by atoms with Gasteiger partial charge in [-0.2, -0.15) is 0 Å². The third-order valence-electron chi connectivity index (χ3n) is 3.06. The largest absolute Gasteiger partial charge is 0.486 e. The van der Waals surface area contributed by atoms with Gasteiger partial charge in [0.15, 0.2) is 11.5 Å². The van der Waals surface area contributed by atoms with Crippen LogP contribution in [-0.4, -0.2) is 36.9 Å². The summed E-state index contributed by atoms with van der Waals surface area (Å²) in [5.41, 5.74) is 1.03. The van der Waals surface area contributed by atoms with E-state index in [4.69, 9.17) is 14.6 Å². The van der Waals surface area contributed by atoms with E-state index in [0.717, 1.165) is 17.1 Å². The average Bonchev–Trinajstić information content (AvgIpc) is 2.44. The van der Waals surface area contributed by atoms with E-state index in [0.29, 0.717) is 26.2 Å². The van der Waals surface area contributed by atoms with Gasteiger partial charge in [0, 0.05) is 12.6 Å². The lowest BCUT2D eigenvalue weighted by Gasteiger charge is -2.20. The maximum atomic E-state index is 10.9. The van der Waals surface area contributed by atoms with Crippen LogP contribution in [0.15, 0.2) is 30.9 Å². The molecule has 0 amide bonds. The van der Waals surface area contributed by atoms with Crippen molar-refractivity contribution in [3.8, 4) is 11.5 Å². The van der Waals surface area contributed by atoms with Gasteiger partial charge in [0.2, 0.25) is 0 Å². The Morgan fingerprint density at radius 2 is 2.15 bits per heavy atom. The first-order valence-corrected chi connectivity index (χ1v) is 6.63. The molecule has 0 fully saturated rings. The van der Waals surface area contributed by atoms with Crippen LogP contribution in [0, 0.1) is 0 Å². The van der Waals surface area contributed by atoms with Crippen molar-refractivity contribution >= 4 is 5.97 Å². The number of carbonyl (C=O) groups is 1. The zero-order valence-corrected chi connectivity index (χ0v) is 11.3. The standard InChI is InChI=1S/C15H19NO4/c1-2-5-16-12(10-15(17)18)8-11-3-4-13-14(9-11)20-7-6-19-13/h2-4,9,12,16H,1,5-8,10H2,(H,17,18). The Morgan fingerprint density at radius 1 is 1.40 bits per heavy atom. The Labute approximate surface area is 118 Å². The molecule has 20 heavy (non-hydrogen) atoms. The summed E-state index contributed by atoms with van der Waals surface area (Å²) in [4.78, 5) is 10.9. The smallest absolute Gasteiger partial charge is 0.304 e. The van der Waals surface area contributed by atoms with Crippen LogP contribution in [0.2, 0.25) is 0 Å². The second-order valence-electron chi connectivity index (χ2n) is 4.67. The van der Waals surface area contributed by atoms with E-state index in [2.05, 4.69) is 11.9 Å². The van der Waals surface area contributed by atoms with Gasteiger partial charge in [-0.3, -0.25) is 4.79 Å². The molecule has 1 unspecified atom stereocenters. The van der Waals surface area contributed by atoms with Crippen molar-refractivity contribution < 1.29 is 19.4 Å². The number of ether oxygens (including phenoxy) is 2. The molecule has 0 saturated carbocycles. The van der Waals surface area contributed by atoms with E-state index >= 15 is 0 Å². The summed E-state index contributed by atoms with van der Waals surface area (Å²) in [6.07, 6.45) is 2.41. The summed E-state index contributed by atoms with van der Waals surface area (Å²) in [5, 5.41) is 12.1. The minimum atomic E-state index is -0.816. The van der Waals surface area contributed by atoms with Gasteiger partial charge in [-0.1, -0.05) is 12.1 Å². The van der Waals surface area contributed by atoms with E-state index < -0.39 is 5.97 Å². The molecule has 0 aliphatic carbocycles. The molecule has 1 aromatic rings. The molecule has 1 heterocycles. The van der Waals surface area contributed by atoms with Crippen molar-refractivity contribution in [2.24, 2.45) is 0 Å². The first kappa shape index (κ1) is 14.4. The van der Waals surface area contributed by atoms with Crippen LogP contribution in [0.25, 0.3) is 0 Å². The molecule has 2 rings (SSSR count). The lowest BCUT2D eigenvalue weighted by Crippen LogP contribution is -2.33. The van der Waals surface area contributed by atoms with Gasteiger partial charge in [-0.15, -0.1) is 6.58 Å². The van der Waals surface area contributed by atoms with Gasteiger partial charge in [-0.05, 0) is 24.1 Å². The van der Waals surface area contributed by atoms with E-state index in [1.165, 1.54) is 0 Å². The highest BCUT2D eigenvalue weighted by atomic mass is 16.6. The van der Waals surface area contributed by atoms with Gasteiger partial charge in [-0.25, -0.2) is 0 Å². The Balaban J connectivity index is 2.04. The van der Waals surface area contributed by atoms with Crippen LogP contribution >= 0.6 is 0 Å². The van der Waals surface area contributed by atoms with Gasteiger partial charge >= 0.3 is 5.97 Å². The van der Waals surface area contributed by atoms with Gasteiger partial charge < -0.3 is 19.9 Å². The molecule has 1 atom stereocenters. The quantitative estimate of drug-likeness (QED) is 0.741. The number of rotatable bonds is 7. The van der Waals surface area contributed by atoms with E-state index in [1.54, 1.807) is 6.08 Å². The minimum absolute atomic E-state index is 0.0717. The molecule has 0 aromatic heterocycles. The highest BCUT2D eigenvalue weighted by molar-refractivity contribution is 5.67. The second-order valence-corrected chi connectivity index (χ2v) is 4.67. The average molecular weight is 277 g/mol. The van der Waals surface area contributed by atoms with Crippen molar-refractivity contribution in [1.82, 2.24) is 5.32 Å². The second kappa shape index (κ2) is 6.96. The summed E-state index contributed by atoms with van der Waals surface area (Å²) >= 11 is 0. The number of carboxylic acid groups (broad SMARTS) is 1. The van der Waals surface area contributed by atoms with Crippen molar-refractivity contribution in [2.45, 2.75) is 18.9 Å². The summed E-state index contributed by atoms with van der Waals surface area (Å²) in [5.74, 6) is 0.657. The molecule has 0 radical (unpaired) electrons. The summed E-state index contributed by atoms with van der Waals surface area (Å²) in [6.45, 7) is 5.33. The van der Waals surface area contributed by atoms with Crippen LogP contribution in [0.5, 0.6) is 11.5 Å². The molecule has 0 bridgehead atoms. The molecule has 2 N–H and O–H groups in total. The summed E-state index contributed by atoms with van der Waals surface area (Å²) < 4.78 is 11.0. The number of hydrogen-bond acceptors (Lipinski definition) is 4. The third-order valence-corrected chi connectivity index (χ3v) is 3.06. The molecule has 5 nitrogen and oxygen atoms in total. The molecular weight excluding hydrogens is 258 g/mol. The fraction of sp³-hybridized carbons (Fsp3) is 0.400. The van der Waals surface area contributed by atoms with Crippen LogP contribution in [-0.2, 0) is 11.2 Å². The number of fused-ring (bicyclic) bond motifs is 1. The van der Waals surface area contributed by atoms with Crippen molar-refractivity contribution in [3.05, 3.63) is 36.4 Å². The summed E-state index contributed by atoms with van der Waals surface area (Å²) in [7, 11) is 0. The highest BCUT2D eigenvalue weighted by Crippen LogP contribution is 2.31. The van der Waals surface area contributed by atoms with Gasteiger partial charge in [0.25, 0.3) is 0 Å². The Bertz CT molecular complexity index is 487. The molecule has 108 valence electrons. The Kier molecular flexibility index (Phi) is 5.01. The highest BCUT2D eigenvalue weighted by Gasteiger charge is 2.16. The molecule has 1 aliphatic rings. The molecule has 0 saturated heterocycles. The molecule has 0 spiro atoms. The van der Waals surface area contributed by atoms with Crippen LogP contribution in [0.1, 0.15) is 12.0 Å². The molecule has 1 aromatic carbocycles. The lowest BCUT2D eigenvalue weighted by atomic mass is 10.0. The Morgan fingerprint density at radius 3 is 2.85 bits per heavy atom. The minimum Gasteiger partial charge on any atom is -0.486 e. The maximum Gasteiger partial charge on any atom is 0.304 e. The zero-order valence-electron chi connectivity index (χ0n) is 11.3. The summed E-state index contributed by atoms with van der Waals surface area (Å²) in [6, 6.07) is 5.60. The van der Waals surface area contributed by atoms with E-state index in [9.17, 15) is 4.79 Å². The van der Waals surface area contributed by atoms with E-state index in [-0.39, 0.29) is 12.5 Å². The predicted molar refractivity (Wildman–Crippen MR) is 75.4 cm³/mol. The number of nitrogens with one attached hydrogen (secondary N) is 1. The first-order chi connectivity index (χ1) is 9.69. The molecule has 5 heteroatoms. The van der Waals surface area contributed by atoms with Crippen LogP contribution in [0.4, 0.5) is 0 Å². The number of aliphatic carboxylic acids is 1. The van der Waals surface area contributed by atoms with Crippen molar-refractivity contribution in [3.63, 3.8) is 0 Å². The predicted octanol–water partition coefficient (Wildman–Crippen LogP) is 1.62. The molecular formula is C15H19NO4. The van der Waals surface area contributed by atoms with Crippen molar-refractivity contribution in [2.75, 3.05) is 19.8 Å². The van der Waals surface area contributed by atoms with Gasteiger partial charge in [0.1, 0.15) is 13.2 Å². The zero-order chi connectivity index (χ0) is 14.4. The van der Waals surface area contributed by atoms with Crippen molar-refractivity contribution in [1.29, 1.82) is 0 Å². The Hall–Kier alpha value is -2.01.